The predicted octanol–water partition coefficient (Wildman–Crippen LogP) is -0.00430. The quantitative estimate of drug-likeness (QED) is 0.692. The van der Waals surface area contributed by atoms with E-state index in [9.17, 15) is 13.2 Å². The number of methoxy groups -OCH3 is 1. The Hall–Kier alpha value is -2.39. The van der Waals surface area contributed by atoms with Crippen LogP contribution < -0.4 is 15.2 Å². The fourth-order valence-electron chi connectivity index (χ4n) is 1.68. The van der Waals surface area contributed by atoms with Crippen LogP contribution in [0.25, 0.3) is 0 Å². The molecule has 1 heterocycles. The van der Waals surface area contributed by atoms with Crippen LogP contribution in [0.1, 0.15) is 16.1 Å². The summed E-state index contributed by atoms with van der Waals surface area (Å²) in [5.41, 5.74) is 5.82. The topological polar surface area (TPSA) is 127 Å². The molecule has 0 spiro atoms. The molecule has 21 heavy (non-hydrogen) atoms. The lowest BCUT2D eigenvalue weighted by molar-refractivity contribution is 0.0997. The number of amides is 1. The van der Waals surface area contributed by atoms with Gasteiger partial charge in [-0.05, 0) is 18.2 Å². The van der Waals surface area contributed by atoms with E-state index in [-0.39, 0.29) is 22.8 Å². The fraction of sp³-hybridized carbons (Fsp3) is 0.167. The molecule has 0 bridgehead atoms. The van der Waals surface area contributed by atoms with Crippen LogP contribution in [-0.4, -0.2) is 31.4 Å². The number of carbonyl (C=O) groups is 1. The van der Waals surface area contributed by atoms with E-state index in [4.69, 9.17) is 10.5 Å². The number of primary amides is 1. The van der Waals surface area contributed by atoms with Crippen LogP contribution >= 0.6 is 0 Å². The molecule has 0 aliphatic carbocycles. The van der Waals surface area contributed by atoms with Crippen LogP contribution in [0.2, 0.25) is 0 Å². The number of carbonyl (C=O) groups excluding carboxylic acids is 1. The van der Waals surface area contributed by atoms with Gasteiger partial charge in [-0.3, -0.25) is 4.79 Å². The lowest BCUT2D eigenvalue weighted by atomic mass is 10.2. The molecule has 0 saturated heterocycles. The van der Waals surface area contributed by atoms with Crippen molar-refractivity contribution in [1.29, 1.82) is 0 Å². The van der Waals surface area contributed by atoms with Gasteiger partial charge in [-0.15, -0.1) is 0 Å². The molecule has 0 fully saturated rings. The van der Waals surface area contributed by atoms with E-state index in [1.54, 1.807) is 0 Å². The highest BCUT2D eigenvalue weighted by molar-refractivity contribution is 7.89. The first-order valence-electron chi connectivity index (χ1n) is 5.89. The number of imidazole rings is 1. The third-order valence-electron chi connectivity index (χ3n) is 2.75. The van der Waals surface area contributed by atoms with Crippen molar-refractivity contribution < 1.29 is 17.9 Å². The predicted molar refractivity (Wildman–Crippen MR) is 74.1 cm³/mol. The summed E-state index contributed by atoms with van der Waals surface area (Å²) in [6, 6.07) is 3.89. The summed E-state index contributed by atoms with van der Waals surface area (Å²) in [4.78, 5) is 17.8. The zero-order valence-electron chi connectivity index (χ0n) is 11.2. The fourth-order valence-corrected chi connectivity index (χ4v) is 2.72. The van der Waals surface area contributed by atoms with Crippen LogP contribution in [0.5, 0.6) is 5.75 Å². The smallest absolute Gasteiger partial charge is 0.252 e. The van der Waals surface area contributed by atoms with Gasteiger partial charge in [0.05, 0.1) is 30.4 Å². The van der Waals surface area contributed by atoms with Gasteiger partial charge in [-0.25, -0.2) is 18.1 Å². The summed E-state index contributed by atoms with van der Waals surface area (Å²) in [5.74, 6) is -0.549. The molecule has 2 aromatic rings. The van der Waals surface area contributed by atoms with Gasteiger partial charge >= 0.3 is 0 Å². The largest absolute Gasteiger partial charge is 0.496 e. The lowest BCUT2D eigenvalue weighted by Crippen LogP contribution is -2.24. The zero-order valence-corrected chi connectivity index (χ0v) is 12.0. The number of ether oxygens (including phenoxy) is 1. The number of benzene rings is 1. The van der Waals surface area contributed by atoms with Crippen molar-refractivity contribution in [3.05, 3.63) is 42.0 Å². The minimum Gasteiger partial charge on any atom is -0.496 e. The third kappa shape index (κ3) is 3.38. The Kier molecular flexibility index (Phi) is 4.24. The molecule has 0 radical (unpaired) electrons. The number of H-pyrrole nitrogens is 1. The van der Waals surface area contributed by atoms with Gasteiger partial charge in [0.25, 0.3) is 5.91 Å². The molecule has 4 N–H and O–H groups in total. The summed E-state index contributed by atoms with van der Waals surface area (Å²) in [6.07, 6.45) is 2.95. The number of nitrogens with two attached hydrogens (primary N) is 1. The van der Waals surface area contributed by atoms with E-state index in [2.05, 4.69) is 14.7 Å². The Labute approximate surface area is 121 Å². The van der Waals surface area contributed by atoms with E-state index >= 15 is 0 Å². The number of aromatic amines is 1. The minimum atomic E-state index is -3.78. The highest BCUT2D eigenvalue weighted by Crippen LogP contribution is 2.22. The highest BCUT2D eigenvalue weighted by atomic mass is 32.2. The van der Waals surface area contributed by atoms with Gasteiger partial charge in [0.1, 0.15) is 5.75 Å². The number of aromatic nitrogens is 2. The first-order valence-corrected chi connectivity index (χ1v) is 7.37. The van der Waals surface area contributed by atoms with Crippen LogP contribution in [0.4, 0.5) is 0 Å². The van der Waals surface area contributed by atoms with Crippen molar-refractivity contribution in [2.24, 2.45) is 5.73 Å². The van der Waals surface area contributed by atoms with Gasteiger partial charge in [0, 0.05) is 11.9 Å². The highest BCUT2D eigenvalue weighted by Gasteiger charge is 2.18. The maximum atomic E-state index is 12.2. The molecule has 0 unspecified atom stereocenters. The van der Waals surface area contributed by atoms with E-state index in [1.165, 1.54) is 37.8 Å². The molecule has 112 valence electrons. The van der Waals surface area contributed by atoms with Crippen molar-refractivity contribution in [2.45, 2.75) is 11.4 Å². The molecule has 9 heteroatoms. The van der Waals surface area contributed by atoms with Crippen LogP contribution in [-0.2, 0) is 16.6 Å². The molecule has 0 atom stereocenters. The Morgan fingerprint density at radius 1 is 1.48 bits per heavy atom. The Morgan fingerprint density at radius 3 is 2.81 bits per heavy atom. The maximum Gasteiger partial charge on any atom is 0.252 e. The lowest BCUT2D eigenvalue weighted by Gasteiger charge is -2.09. The van der Waals surface area contributed by atoms with Crippen LogP contribution in [0.15, 0.2) is 35.6 Å². The second-order valence-corrected chi connectivity index (χ2v) is 5.89. The number of nitrogens with zero attached hydrogens (tertiary/aromatic N) is 1. The van der Waals surface area contributed by atoms with Crippen molar-refractivity contribution in [3.8, 4) is 5.75 Å². The van der Waals surface area contributed by atoms with Crippen LogP contribution in [0, 0.1) is 0 Å². The Bertz CT molecular complexity index is 741. The van der Waals surface area contributed by atoms with Gasteiger partial charge in [0.2, 0.25) is 10.0 Å². The number of nitrogens with one attached hydrogen (secondary N) is 2. The molecule has 2 rings (SSSR count). The molecular weight excluding hydrogens is 296 g/mol. The van der Waals surface area contributed by atoms with Gasteiger partial charge in [-0.2, -0.15) is 0 Å². The third-order valence-corrected chi connectivity index (χ3v) is 4.15. The average Bonchev–Trinajstić information content (AvgIpc) is 2.97. The van der Waals surface area contributed by atoms with Crippen LogP contribution in [0.3, 0.4) is 0 Å². The Balaban J connectivity index is 2.27. The summed E-state index contributed by atoms with van der Waals surface area (Å²) in [6.45, 7) is 0.0558. The Morgan fingerprint density at radius 2 is 2.24 bits per heavy atom. The monoisotopic (exact) mass is 310 g/mol. The molecule has 1 amide bonds. The van der Waals surface area contributed by atoms with E-state index in [0.717, 1.165) is 0 Å². The number of rotatable bonds is 6. The standard InChI is InChI=1S/C12H14N4O4S/c1-20-11-3-2-9(4-10(11)12(13)17)21(18,19)16-6-8-5-14-7-15-8/h2-5,7,16H,6H2,1H3,(H2,13,17)(H,14,15). The maximum absolute atomic E-state index is 12.2. The molecule has 0 aliphatic rings. The normalized spacial score (nSPS) is 11.3. The van der Waals surface area contributed by atoms with Crippen molar-refractivity contribution in [3.63, 3.8) is 0 Å². The minimum absolute atomic E-state index is 0.00177. The second-order valence-electron chi connectivity index (χ2n) is 4.13. The van der Waals surface area contributed by atoms with E-state index < -0.39 is 15.9 Å². The SMILES string of the molecule is COc1ccc(S(=O)(=O)NCc2cnc[nH]2)cc1C(N)=O. The van der Waals surface area contributed by atoms with Gasteiger partial charge in [0.15, 0.2) is 0 Å². The first kappa shape index (κ1) is 15.0. The molecule has 8 nitrogen and oxygen atoms in total. The van der Waals surface area contributed by atoms with Crippen molar-refractivity contribution in [2.75, 3.05) is 7.11 Å². The second kappa shape index (κ2) is 5.94. The van der Waals surface area contributed by atoms with E-state index in [0.29, 0.717) is 5.69 Å². The number of hydrogen-bond donors (Lipinski definition) is 3. The molecule has 0 saturated carbocycles. The molecule has 1 aromatic heterocycles. The zero-order chi connectivity index (χ0) is 15.5. The molecule has 0 aliphatic heterocycles. The molecule has 1 aromatic carbocycles. The number of hydrogen-bond acceptors (Lipinski definition) is 5. The van der Waals surface area contributed by atoms with E-state index in [1.807, 2.05) is 0 Å². The first-order chi connectivity index (χ1) is 9.94. The van der Waals surface area contributed by atoms with Crippen molar-refractivity contribution in [1.82, 2.24) is 14.7 Å². The number of sulfonamides is 1. The summed E-state index contributed by atoms with van der Waals surface area (Å²) >= 11 is 0. The van der Waals surface area contributed by atoms with Crippen molar-refractivity contribution >= 4 is 15.9 Å². The average molecular weight is 310 g/mol. The van der Waals surface area contributed by atoms with Gasteiger partial charge < -0.3 is 15.5 Å². The summed E-state index contributed by atoms with van der Waals surface area (Å²) < 4.78 is 31.7. The summed E-state index contributed by atoms with van der Waals surface area (Å²) in [5, 5.41) is 0. The van der Waals surface area contributed by atoms with Gasteiger partial charge in [-0.1, -0.05) is 0 Å². The molecular formula is C12H14N4O4S. The summed E-state index contributed by atoms with van der Waals surface area (Å²) in [7, 11) is -2.41.